The van der Waals surface area contributed by atoms with Crippen molar-refractivity contribution in [2.75, 3.05) is 0 Å². The molecule has 0 aromatic heterocycles. The summed E-state index contributed by atoms with van der Waals surface area (Å²) in [6, 6.07) is 2.79. The molecule has 4 heteroatoms. The van der Waals surface area contributed by atoms with Crippen LogP contribution in [0.3, 0.4) is 0 Å². The molecule has 0 amide bonds. The Morgan fingerprint density at radius 2 is 1.93 bits per heavy atom. The molecule has 1 aromatic carbocycles. The highest BCUT2D eigenvalue weighted by molar-refractivity contribution is 9.10. The van der Waals surface area contributed by atoms with Gasteiger partial charge in [-0.25, -0.2) is 4.39 Å². The van der Waals surface area contributed by atoms with Gasteiger partial charge in [-0.1, -0.05) is 26.8 Å². The number of aromatic hydroxyl groups is 1. The van der Waals surface area contributed by atoms with Crippen molar-refractivity contribution in [2.24, 2.45) is 11.1 Å². The predicted octanol–water partition coefficient (Wildman–Crippen LogP) is 3.34. The second-order valence-electron chi connectivity index (χ2n) is 4.64. The Morgan fingerprint density at radius 1 is 1.40 bits per heavy atom. The molecule has 0 aliphatic carbocycles. The van der Waals surface area contributed by atoms with Crippen LogP contribution in [0, 0.1) is 11.2 Å². The summed E-state index contributed by atoms with van der Waals surface area (Å²) in [7, 11) is 0. The van der Waals surface area contributed by atoms with E-state index in [2.05, 4.69) is 15.9 Å². The average molecular weight is 276 g/mol. The van der Waals surface area contributed by atoms with Crippen LogP contribution in [0.1, 0.15) is 32.4 Å². The van der Waals surface area contributed by atoms with Gasteiger partial charge in [-0.05, 0) is 27.4 Å². The fourth-order valence-electron chi connectivity index (χ4n) is 1.27. The van der Waals surface area contributed by atoms with Gasteiger partial charge in [0.25, 0.3) is 0 Å². The molecule has 0 radical (unpaired) electrons. The van der Waals surface area contributed by atoms with Gasteiger partial charge in [0.05, 0.1) is 4.47 Å². The zero-order valence-electron chi connectivity index (χ0n) is 9.01. The van der Waals surface area contributed by atoms with Crippen LogP contribution in [0.5, 0.6) is 5.75 Å². The van der Waals surface area contributed by atoms with E-state index in [4.69, 9.17) is 5.73 Å². The molecule has 0 aliphatic heterocycles. The van der Waals surface area contributed by atoms with Crippen molar-refractivity contribution in [3.05, 3.63) is 28.0 Å². The molecule has 0 unspecified atom stereocenters. The average Bonchev–Trinajstić information content (AvgIpc) is 2.12. The lowest BCUT2D eigenvalue weighted by Gasteiger charge is -2.28. The maximum atomic E-state index is 13.4. The Balaban J connectivity index is 3.23. The highest BCUT2D eigenvalue weighted by Crippen LogP contribution is 2.38. The summed E-state index contributed by atoms with van der Waals surface area (Å²) in [4.78, 5) is 0. The Kier molecular flexibility index (Phi) is 3.41. The minimum Gasteiger partial charge on any atom is -0.505 e. The van der Waals surface area contributed by atoms with E-state index in [1.165, 1.54) is 0 Å². The van der Waals surface area contributed by atoms with Gasteiger partial charge in [-0.2, -0.15) is 0 Å². The van der Waals surface area contributed by atoms with E-state index in [1.54, 1.807) is 12.1 Å². The molecule has 1 atom stereocenters. The lowest BCUT2D eigenvalue weighted by atomic mass is 9.83. The number of nitrogens with two attached hydrogens (primary N) is 1. The van der Waals surface area contributed by atoms with Crippen LogP contribution in [-0.4, -0.2) is 5.11 Å². The summed E-state index contributed by atoms with van der Waals surface area (Å²) in [5.74, 6) is -1.03. The van der Waals surface area contributed by atoms with Gasteiger partial charge in [0.15, 0.2) is 11.6 Å². The molecule has 0 fully saturated rings. The quantitative estimate of drug-likeness (QED) is 0.826. The molecule has 0 spiro atoms. The molecule has 0 saturated carbocycles. The molecule has 2 nitrogen and oxygen atoms in total. The molecular formula is C11H15BrFNO. The summed E-state index contributed by atoms with van der Waals surface area (Å²) in [5.41, 5.74) is 6.16. The van der Waals surface area contributed by atoms with Crippen molar-refractivity contribution >= 4 is 15.9 Å². The van der Waals surface area contributed by atoms with Gasteiger partial charge < -0.3 is 10.8 Å². The van der Waals surface area contributed by atoms with Gasteiger partial charge in [-0.15, -0.1) is 0 Å². The largest absolute Gasteiger partial charge is 0.505 e. The number of halogens is 2. The highest BCUT2D eigenvalue weighted by Gasteiger charge is 2.26. The van der Waals surface area contributed by atoms with Crippen molar-refractivity contribution < 1.29 is 9.50 Å². The van der Waals surface area contributed by atoms with Gasteiger partial charge in [0.1, 0.15) is 0 Å². The number of rotatable bonds is 1. The third kappa shape index (κ3) is 2.49. The third-order valence-corrected chi connectivity index (χ3v) is 2.98. The summed E-state index contributed by atoms with van der Waals surface area (Å²) >= 11 is 3.00. The normalized spacial score (nSPS) is 14.0. The van der Waals surface area contributed by atoms with E-state index in [0.29, 0.717) is 5.56 Å². The van der Waals surface area contributed by atoms with Crippen molar-refractivity contribution in [2.45, 2.75) is 26.8 Å². The first-order valence-electron chi connectivity index (χ1n) is 4.67. The molecule has 0 bridgehead atoms. The van der Waals surface area contributed by atoms with E-state index < -0.39 is 11.9 Å². The summed E-state index contributed by atoms with van der Waals surface area (Å²) < 4.78 is 13.6. The minimum atomic E-state index is -0.660. The van der Waals surface area contributed by atoms with Crippen LogP contribution in [0.25, 0.3) is 0 Å². The first-order valence-corrected chi connectivity index (χ1v) is 5.47. The summed E-state index contributed by atoms with van der Waals surface area (Å²) in [5, 5.41) is 9.63. The topological polar surface area (TPSA) is 46.2 Å². The predicted molar refractivity (Wildman–Crippen MR) is 62.1 cm³/mol. The Hall–Kier alpha value is -0.610. The van der Waals surface area contributed by atoms with Crippen LogP contribution in [0.4, 0.5) is 4.39 Å². The second-order valence-corrected chi connectivity index (χ2v) is 5.50. The van der Waals surface area contributed by atoms with Crippen molar-refractivity contribution in [1.82, 2.24) is 0 Å². The van der Waals surface area contributed by atoms with Crippen LogP contribution >= 0.6 is 15.9 Å². The number of hydrogen-bond acceptors (Lipinski definition) is 2. The van der Waals surface area contributed by atoms with Crippen LogP contribution in [0.2, 0.25) is 0 Å². The number of phenolic OH excluding ortho intramolecular Hbond substituents is 1. The fourth-order valence-corrected chi connectivity index (χ4v) is 1.59. The van der Waals surface area contributed by atoms with Crippen LogP contribution < -0.4 is 5.73 Å². The zero-order valence-corrected chi connectivity index (χ0v) is 10.6. The molecule has 3 N–H and O–H groups in total. The Morgan fingerprint density at radius 3 is 2.40 bits per heavy atom. The maximum absolute atomic E-state index is 13.4. The molecule has 84 valence electrons. The van der Waals surface area contributed by atoms with E-state index in [9.17, 15) is 9.50 Å². The maximum Gasteiger partial charge on any atom is 0.179 e. The monoisotopic (exact) mass is 275 g/mol. The highest BCUT2D eigenvalue weighted by atomic mass is 79.9. The minimum absolute atomic E-state index is 0.224. The SMILES string of the molecule is CC(C)(C)[C@H](N)c1ccc(Br)c(F)c1O. The van der Waals surface area contributed by atoms with E-state index in [1.807, 2.05) is 20.8 Å². The van der Waals surface area contributed by atoms with E-state index in [-0.39, 0.29) is 15.6 Å². The van der Waals surface area contributed by atoms with Gasteiger partial charge >= 0.3 is 0 Å². The molecular weight excluding hydrogens is 261 g/mol. The molecule has 1 aromatic rings. The molecule has 0 aliphatic rings. The fraction of sp³-hybridized carbons (Fsp3) is 0.455. The molecule has 15 heavy (non-hydrogen) atoms. The first kappa shape index (κ1) is 12.5. The van der Waals surface area contributed by atoms with Gasteiger partial charge in [0.2, 0.25) is 0 Å². The van der Waals surface area contributed by atoms with Gasteiger partial charge in [-0.3, -0.25) is 0 Å². The van der Waals surface area contributed by atoms with Crippen LogP contribution in [-0.2, 0) is 0 Å². The smallest absolute Gasteiger partial charge is 0.179 e. The van der Waals surface area contributed by atoms with Crippen molar-refractivity contribution in [3.8, 4) is 5.75 Å². The van der Waals surface area contributed by atoms with Crippen molar-refractivity contribution in [3.63, 3.8) is 0 Å². The standard InChI is InChI=1S/C11H15BrFNO/c1-11(2,3)10(14)6-4-5-7(12)8(13)9(6)15/h4-5,10,15H,14H2,1-3H3/t10-/m1/s1. The zero-order chi connectivity index (χ0) is 11.8. The van der Waals surface area contributed by atoms with Crippen LogP contribution in [0.15, 0.2) is 16.6 Å². The second kappa shape index (κ2) is 4.10. The molecule has 1 rings (SSSR count). The summed E-state index contributed by atoms with van der Waals surface area (Å²) in [6.45, 7) is 5.82. The van der Waals surface area contributed by atoms with Gasteiger partial charge in [0, 0.05) is 11.6 Å². The number of phenols is 1. The number of benzene rings is 1. The van der Waals surface area contributed by atoms with E-state index in [0.717, 1.165) is 0 Å². The Labute approximate surface area is 97.4 Å². The van der Waals surface area contributed by atoms with E-state index >= 15 is 0 Å². The number of hydrogen-bond donors (Lipinski definition) is 2. The lowest BCUT2D eigenvalue weighted by molar-refractivity contribution is 0.313. The molecule has 0 heterocycles. The third-order valence-electron chi connectivity index (χ3n) is 2.37. The molecule has 0 saturated heterocycles. The lowest BCUT2D eigenvalue weighted by Crippen LogP contribution is -2.26. The summed E-state index contributed by atoms with van der Waals surface area (Å²) in [6.07, 6.45) is 0. The van der Waals surface area contributed by atoms with Crippen molar-refractivity contribution in [1.29, 1.82) is 0 Å². The Bertz CT molecular complexity index is 374. The first-order chi connectivity index (χ1) is 6.75.